The summed E-state index contributed by atoms with van der Waals surface area (Å²) in [4.78, 5) is 24.8. The highest BCUT2D eigenvalue weighted by Crippen LogP contribution is 2.48. The largest absolute Gasteiger partial charge is 0.368 e. The van der Waals surface area contributed by atoms with Gasteiger partial charge in [-0.25, -0.2) is 8.42 Å². The molecule has 0 saturated carbocycles. The molecule has 3 aromatic rings. The van der Waals surface area contributed by atoms with Gasteiger partial charge in [-0.15, -0.1) is 0 Å². The normalized spacial score (nSPS) is 14.3. The van der Waals surface area contributed by atoms with Crippen LogP contribution in [0.15, 0.2) is 72.8 Å². The smallest absolute Gasteiger partial charge is 0.361 e. The number of carbonyl (C=O) groups excluding carboxylic acids is 2. The van der Waals surface area contributed by atoms with Crippen molar-refractivity contribution in [2.24, 2.45) is 5.73 Å². The molecule has 0 radical (unpaired) electrons. The summed E-state index contributed by atoms with van der Waals surface area (Å²) < 4.78 is 49.9. The van der Waals surface area contributed by atoms with E-state index in [1.165, 1.54) is 12.1 Å². The van der Waals surface area contributed by atoms with Gasteiger partial charge in [-0.3, -0.25) is 18.5 Å². The van der Waals surface area contributed by atoms with Crippen LogP contribution >= 0.6 is 7.60 Å². The predicted molar refractivity (Wildman–Crippen MR) is 160 cm³/mol. The zero-order valence-electron chi connectivity index (χ0n) is 22.8. The average Bonchev–Trinajstić information content (AvgIpc) is 3.25. The van der Waals surface area contributed by atoms with Gasteiger partial charge in [-0.1, -0.05) is 30.3 Å². The molecule has 41 heavy (non-hydrogen) atoms. The number of benzene rings is 3. The molecule has 216 valence electrons. The lowest BCUT2D eigenvalue weighted by Gasteiger charge is -2.21. The van der Waals surface area contributed by atoms with E-state index in [2.05, 4.69) is 10.6 Å². The van der Waals surface area contributed by atoms with Gasteiger partial charge in [0.25, 0.3) is 5.91 Å². The number of nitrogens with zero attached hydrogens (tertiary/aromatic N) is 1. The van der Waals surface area contributed by atoms with Crippen LogP contribution < -0.4 is 26.0 Å². The summed E-state index contributed by atoms with van der Waals surface area (Å²) in [7, 11) is -7.39. The van der Waals surface area contributed by atoms with E-state index in [9.17, 15) is 22.6 Å². The molecular weight excluding hydrogens is 567 g/mol. The number of fused-ring (bicyclic) bond motifs is 1. The number of carbonyl (C=O) groups is 2. The average molecular weight is 599 g/mol. The third-order valence-corrected chi connectivity index (χ3v) is 9.35. The Labute approximate surface area is 238 Å². The number of amides is 2. The summed E-state index contributed by atoms with van der Waals surface area (Å²) in [6.07, 6.45) is 0.987. The van der Waals surface area contributed by atoms with Crippen molar-refractivity contribution in [1.82, 2.24) is 0 Å². The van der Waals surface area contributed by atoms with Gasteiger partial charge in [0.05, 0.1) is 41.7 Å². The van der Waals surface area contributed by atoms with Gasteiger partial charge >= 0.3 is 7.60 Å². The molecule has 4 rings (SSSR count). The van der Waals surface area contributed by atoms with Gasteiger partial charge in [0, 0.05) is 16.9 Å². The number of sulfonamides is 1. The first kappa shape index (κ1) is 30.0. The molecule has 0 aromatic heterocycles. The number of nitrogens with one attached hydrogen (secondary N) is 2. The number of hydrogen-bond acceptors (Lipinski definition) is 8. The van der Waals surface area contributed by atoms with Crippen LogP contribution in [0.4, 0.5) is 17.1 Å². The summed E-state index contributed by atoms with van der Waals surface area (Å²) in [6, 6.07) is 20.4. The molecule has 13 heteroatoms. The number of primary amides is 1. The first-order valence-corrected chi connectivity index (χ1v) is 16.1. The van der Waals surface area contributed by atoms with Crippen molar-refractivity contribution < 1.29 is 31.6 Å². The van der Waals surface area contributed by atoms with E-state index in [0.29, 0.717) is 39.1 Å². The molecule has 1 aliphatic rings. The van der Waals surface area contributed by atoms with Gasteiger partial charge in [0.1, 0.15) is 6.54 Å². The maximum absolute atomic E-state index is 13.5. The Morgan fingerprint density at radius 2 is 1.63 bits per heavy atom. The molecule has 1 heterocycles. The van der Waals surface area contributed by atoms with Gasteiger partial charge in [0.15, 0.2) is 0 Å². The molecule has 2 amide bonds. The fourth-order valence-corrected chi connectivity index (χ4v) is 6.84. The molecule has 1 aliphatic heterocycles. The van der Waals surface area contributed by atoms with Crippen molar-refractivity contribution in [3.8, 4) is 0 Å². The van der Waals surface area contributed by atoms with Crippen LogP contribution in [-0.4, -0.2) is 46.2 Å². The van der Waals surface area contributed by atoms with Gasteiger partial charge in [0.2, 0.25) is 15.9 Å². The summed E-state index contributed by atoms with van der Waals surface area (Å²) in [5, 5.41) is 6.47. The minimum absolute atomic E-state index is 0.178. The number of anilines is 3. The first-order valence-electron chi connectivity index (χ1n) is 12.7. The molecule has 0 fully saturated rings. The molecule has 0 bridgehead atoms. The molecule has 3 aromatic carbocycles. The van der Waals surface area contributed by atoms with E-state index in [1.54, 1.807) is 44.2 Å². The third kappa shape index (κ3) is 6.68. The van der Waals surface area contributed by atoms with Crippen molar-refractivity contribution in [2.75, 3.05) is 41.0 Å². The number of rotatable bonds is 12. The molecule has 0 aliphatic carbocycles. The van der Waals surface area contributed by atoms with E-state index >= 15 is 0 Å². The standard InChI is InChI=1S/C28H31N4O7PS/c1-4-38-40(35,39-5-2)22-15-16-24-23(17-22)26(28(34)31-24)27(19-9-7-6-8-10-19)30-20-11-13-21(14-12-20)32(18-25(29)33)41(3,36)37/h6-17,30H,4-5,18H2,1-3H3,(H2,29,33)(H,31,34)/b27-26-. The number of nitrogens with two attached hydrogens (primary N) is 1. The van der Waals surface area contributed by atoms with E-state index in [4.69, 9.17) is 14.8 Å². The molecule has 0 saturated heterocycles. The van der Waals surface area contributed by atoms with Crippen molar-refractivity contribution in [3.63, 3.8) is 0 Å². The zero-order chi connectivity index (χ0) is 29.8. The fraction of sp³-hybridized carbons (Fsp3) is 0.214. The van der Waals surface area contributed by atoms with E-state index < -0.39 is 30.1 Å². The molecule has 11 nitrogen and oxygen atoms in total. The van der Waals surface area contributed by atoms with Crippen LogP contribution in [0.1, 0.15) is 25.0 Å². The van der Waals surface area contributed by atoms with Crippen LogP contribution in [0, 0.1) is 0 Å². The SMILES string of the molecule is CCOP(=O)(OCC)c1ccc2c(c1)/C(=C(/Nc1ccc(N(CC(N)=O)S(C)(=O)=O)cc1)c1ccccc1)C(=O)N2. The molecule has 0 atom stereocenters. The molecule has 0 unspecified atom stereocenters. The Hall–Kier alpha value is -3.96. The van der Waals surface area contributed by atoms with Gasteiger partial charge in [-0.2, -0.15) is 0 Å². The van der Waals surface area contributed by atoms with E-state index in [-0.39, 0.29) is 24.8 Å². The highest BCUT2D eigenvalue weighted by atomic mass is 32.2. The minimum Gasteiger partial charge on any atom is -0.368 e. The van der Waals surface area contributed by atoms with Crippen molar-refractivity contribution in [3.05, 3.63) is 83.9 Å². The zero-order valence-corrected chi connectivity index (χ0v) is 24.5. The molecule has 4 N–H and O–H groups in total. The second-order valence-corrected chi connectivity index (χ2v) is 13.0. The minimum atomic E-state index is -3.76. The Morgan fingerprint density at radius 1 is 1.00 bits per heavy atom. The fourth-order valence-electron chi connectivity index (χ4n) is 4.38. The second kappa shape index (κ2) is 12.3. The summed E-state index contributed by atoms with van der Waals surface area (Å²) >= 11 is 0. The Bertz CT molecular complexity index is 1630. The number of hydrogen-bond donors (Lipinski definition) is 3. The predicted octanol–water partition coefficient (Wildman–Crippen LogP) is 3.76. The van der Waals surface area contributed by atoms with Gasteiger partial charge in [-0.05, 0) is 61.9 Å². The topological polar surface area (TPSA) is 157 Å². The summed E-state index contributed by atoms with van der Waals surface area (Å²) in [5.74, 6) is -1.16. The highest BCUT2D eigenvalue weighted by Gasteiger charge is 2.33. The van der Waals surface area contributed by atoms with Crippen LogP contribution in [-0.2, 0) is 33.2 Å². The quantitative estimate of drug-likeness (QED) is 0.210. The van der Waals surface area contributed by atoms with Crippen LogP contribution in [0.25, 0.3) is 11.3 Å². The lowest BCUT2D eigenvalue weighted by atomic mass is 10.00. The maximum Gasteiger partial charge on any atom is 0.361 e. The van der Waals surface area contributed by atoms with Gasteiger partial charge < -0.3 is 25.4 Å². The Morgan fingerprint density at radius 3 is 2.20 bits per heavy atom. The van der Waals surface area contributed by atoms with Crippen molar-refractivity contribution in [1.29, 1.82) is 0 Å². The summed E-state index contributed by atoms with van der Waals surface area (Å²) in [5.41, 5.74) is 8.56. The van der Waals surface area contributed by atoms with Crippen molar-refractivity contribution >= 4 is 63.1 Å². The maximum atomic E-state index is 13.5. The molecule has 0 spiro atoms. The van der Waals surface area contributed by atoms with Crippen LogP contribution in [0.3, 0.4) is 0 Å². The van der Waals surface area contributed by atoms with Crippen LogP contribution in [0.5, 0.6) is 0 Å². The monoisotopic (exact) mass is 598 g/mol. The van der Waals surface area contributed by atoms with E-state index in [0.717, 1.165) is 10.6 Å². The van der Waals surface area contributed by atoms with Crippen molar-refractivity contribution in [2.45, 2.75) is 13.8 Å². The Kier molecular flexibility index (Phi) is 8.98. The Balaban J connectivity index is 1.82. The van der Waals surface area contributed by atoms with E-state index in [1.807, 2.05) is 30.3 Å². The third-order valence-electron chi connectivity index (χ3n) is 6.10. The second-order valence-electron chi connectivity index (χ2n) is 9.04. The lowest BCUT2D eigenvalue weighted by Crippen LogP contribution is -2.37. The first-order chi connectivity index (χ1) is 19.5. The highest BCUT2D eigenvalue weighted by molar-refractivity contribution is 7.92. The molecular formula is C28H31N4O7PS. The van der Waals surface area contributed by atoms with Crippen LogP contribution in [0.2, 0.25) is 0 Å². The lowest BCUT2D eigenvalue weighted by molar-refractivity contribution is -0.116. The summed E-state index contributed by atoms with van der Waals surface area (Å²) in [6.45, 7) is 3.30.